The lowest BCUT2D eigenvalue weighted by Crippen LogP contribution is -2.20. The van der Waals surface area contributed by atoms with Gasteiger partial charge in [0.1, 0.15) is 5.75 Å². The summed E-state index contributed by atoms with van der Waals surface area (Å²) < 4.78 is 7.38. The van der Waals surface area contributed by atoms with E-state index in [2.05, 4.69) is 15.9 Å². The average molecular weight is 338 g/mol. The highest BCUT2D eigenvalue weighted by atomic mass is 79.9. The first-order valence-electron chi connectivity index (χ1n) is 5.77. The van der Waals surface area contributed by atoms with Crippen LogP contribution in [0, 0.1) is 0 Å². The minimum absolute atomic E-state index is 0.0119. The monoisotopic (exact) mass is 337 g/mol. The van der Waals surface area contributed by atoms with Gasteiger partial charge in [-0.15, -0.1) is 0 Å². The third-order valence-corrected chi connectivity index (χ3v) is 3.43. The summed E-state index contributed by atoms with van der Waals surface area (Å²) >= 11 is 3.38. The Morgan fingerprint density at radius 3 is 2.65 bits per heavy atom. The van der Waals surface area contributed by atoms with Crippen LogP contribution in [0.1, 0.15) is 15.9 Å². The highest BCUT2D eigenvalue weighted by Crippen LogP contribution is 2.25. The standard InChI is InChI=1S/C14H12BrNO4/c1-20-12-3-2-9(6-11(12)15)8-16-5-4-10(14(18)19)7-13(16)17/h2-7H,8H2,1H3,(H,18,19). The number of benzene rings is 1. The number of carboxylic acid groups (broad SMARTS) is 1. The fourth-order valence-electron chi connectivity index (χ4n) is 1.78. The lowest BCUT2D eigenvalue weighted by atomic mass is 10.2. The van der Waals surface area contributed by atoms with Crippen LogP contribution in [0.3, 0.4) is 0 Å². The van der Waals surface area contributed by atoms with Crippen molar-refractivity contribution in [2.24, 2.45) is 0 Å². The molecule has 0 saturated carbocycles. The van der Waals surface area contributed by atoms with Gasteiger partial charge in [0.2, 0.25) is 0 Å². The van der Waals surface area contributed by atoms with Gasteiger partial charge in [0.15, 0.2) is 0 Å². The Morgan fingerprint density at radius 1 is 1.35 bits per heavy atom. The molecule has 0 saturated heterocycles. The Bertz CT molecular complexity index is 709. The molecule has 2 aromatic rings. The predicted octanol–water partition coefficient (Wildman–Crippen LogP) is 2.37. The summed E-state index contributed by atoms with van der Waals surface area (Å²) in [5.74, 6) is -0.399. The largest absolute Gasteiger partial charge is 0.496 e. The van der Waals surface area contributed by atoms with Crippen LogP contribution in [-0.2, 0) is 6.54 Å². The van der Waals surface area contributed by atoms with E-state index in [1.807, 2.05) is 12.1 Å². The van der Waals surface area contributed by atoms with E-state index in [-0.39, 0.29) is 11.1 Å². The van der Waals surface area contributed by atoms with E-state index in [9.17, 15) is 9.59 Å². The maximum absolute atomic E-state index is 11.8. The van der Waals surface area contributed by atoms with Gasteiger partial charge in [-0.25, -0.2) is 4.79 Å². The zero-order valence-corrected chi connectivity index (χ0v) is 12.3. The predicted molar refractivity (Wildman–Crippen MR) is 77.5 cm³/mol. The van der Waals surface area contributed by atoms with Gasteiger partial charge >= 0.3 is 5.97 Å². The van der Waals surface area contributed by atoms with Crippen LogP contribution < -0.4 is 10.3 Å². The molecule has 0 radical (unpaired) electrons. The van der Waals surface area contributed by atoms with Crippen LogP contribution in [0.4, 0.5) is 0 Å². The van der Waals surface area contributed by atoms with Gasteiger partial charge in [0.05, 0.1) is 23.7 Å². The Balaban J connectivity index is 2.28. The Morgan fingerprint density at radius 2 is 2.10 bits per heavy atom. The summed E-state index contributed by atoms with van der Waals surface area (Å²) in [4.78, 5) is 22.6. The summed E-state index contributed by atoms with van der Waals surface area (Å²) in [7, 11) is 1.58. The molecule has 0 aliphatic heterocycles. The fraction of sp³-hybridized carbons (Fsp3) is 0.143. The molecule has 6 heteroatoms. The molecule has 5 nitrogen and oxygen atoms in total. The number of carbonyl (C=O) groups is 1. The number of nitrogens with zero attached hydrogens (tertiary/aromatic N) is 1. The molecule has 1 heterocycles. The quantitative estimate of drug-likeness (QED) is 0.929. The van der Waals surface area contributed by atoms with Crippen molar-refractivity contribution in [2.45, 2.75) is 6.54 Å². The molecule has 0 unspecified atom stereocenters. The number of methoxy groups -OCH3 is 1. The van der Waals surface area contributed by atoms with Crippen LogP contribution in [-0.4, -0.2) is 22.8 Å². The molecule has 1 aromatic heterocycles. The number of rotatable bonds is 4. The molecule has 0 aliphatic rings. The summed E-state index contributed by atoms with van der Waals surface area (Å²) in [6, 6.07) is 8.02. The molecule has 2 rings (SSSR count). The lowest BCUT2D eigenvalue weighted by molar-refractivity contribution is 0.0696. The number of hydrogen-bond donors (Lipinski definition) is 1. The molecular weight excluding hydrogens is 326 g/mol. The molecule has 20 heavy (non-hydrogen) atoms. The van der Waals surface area contributed by atoms with Gasteiger partial charge in [0, 0.05) is 12.3 Å². The Hall–Kier alpha value is -2.08. The zero-order chi connectivity index (χ0) is 14.7. The summed E-state index contributed by atoms with van der Waals surface area (Å²) in [5, 5.41) is 8.82. The first kappa shape index (κ1) is 14.3. The second-order valence-corrected chi connectivity index (χ2v) is 5.01. The van der Waals surface area contributed by atoms with Crippen molar-refractivity contribution in [1.29, 1.82) is 0 Å². The van der Waals surface area contributed by atoms with Crippen molar-refractivity contribution in [3.8, 4) is 5.75 Å². The van der Waals surface area contributed by atoms with Gasteiger partial charge in [-0.3, -0.25) is 4.79 Å². The summed E-state index contributed by atoms with van der Waals surface area (Å²) in [6.45, 7) is 0.362. The van der Waals surface area contributed by atoms with Crippen LogP contribution in [0.2, 0.25) is 0 Å². The van der Waals surface area contributed by atoms with Gasteiger partial charge in [-0.1, -0.05) is 6.07 Å². The van der Waals surface area contributed by atoms with E-state index in [0.29, 0.717) is 12.3 Å². The van der Waals surface area contributed by atoms with E-state index in [0.717, 1.165) is 16.1 Å². The Labute approximate surface area is 123 Å². The van der Waals surface area contributed by atoms with Crippen molar-refractivity contribution >= 4 is 21.9 Å². The maximum Gasteiger partial charge on any atom is 0.335 e. The first-order chi connectivity index (χ1) is 9.51. The molecule has 0 fully saturated rings. The molecule has 0 amide bonds. The van der Waals surface area contributed by atoms with Crippen LogP contribution in [0.25, 0.3) is 0 Å². The van der Waals surface area contributed by atoms with Crippen LogP contribution >= 0.6 is 15.9 Å². The van der Waals surface area contributed by atoms with E-state index in [1.165, 1.54) is 16.8 Å². The topological polar surface area (TPSA) is 68.5 Å². The second-order valence-electron chi connectivity index (χ2n) is 4.16. The van der Waals surface area contributed by atoms with Crippen molar-refractivity contribution in [3.63, 3.8) is 0 Å². The maximum atomic E-state index is 11.8. The van der Waals surface area contributed by atoms with Gasteiger partial charge in [-0.05, 0) is 39.7 Å². The third-order valence-electron chi connectivity index (χ3n) is 2.81. The smallest absolute Gasteiger partial charge is 0.335 e. The number of aromatic nitrogens is 1. The highest BCUT2D eigenvalue weighted by Gasteiger charge is 2.06. The average Bonchev–Trinajstić information content (AvgIpc) is 2.41. The normalized spacial score (nSPS) is 10.3. The second kappa shape index (κ2) is 5.92. The number of halogens is 1. The molecular formula is C14H12BrNO4. The van der Waals surface area contributed by atoms with E-state index < -0.39 is 5.97 Å². The summed E-state index contributed by atoms with van der Waals surface area (Å²) in [5.41, 5.74) is 0.543. The number of carboxylic acids is 1. The highest BCUT2D eigenvalue weighted by molar-refractivity contribution is 9.10. The van der Waals surface area contributed by atoms with Crippen LogP contribution in [0.5, 0.6) is 5.75 Å². The zero-order valence-electron chi connectivity index (χ0n) is 10.7. The number of pyridine rings is 1. The molecule has 104 valence electrons. The number of ether oxygens (including phenoxy) is 1. The molecule has 0 bridgehead atoms. The molecule has 1 aromatic carbocycles. The van der Waals surface area contributed by atoms with E-state index >= 15 is 0 Å². The Kier molecular flexibility index (Phi) is 4.24. The lowest BCUT2D eigenvalue weighted by Gasteiger charge is -2.08. The minimum Gasteiger partial charge on any atom is -0.496 e. The molecule has 0 atom stereocenters. The third kappa shape index (κ3) is 3.08. The van der Waals surface area contributed by atoms with Gasteiger partial charge in [0.25, 0.3) is 5.56 Å². The van der Waals surface area contributed by atoms with Gasteiger partial charge in [-0.2, -0.15) is 0 Å². The van der Waals surface area contributed by atoms with Crippen molar-refractivity contribution < 1.29 is 14.6 Å². The van der Waals surface area contributed by atoms with E-state index in [4.69, 9.17) is 9.84 Å². The molecule has 0 aliphatic carbocycles. The van der Waals surface area contributed by atoms with Crippen molar-refractivity contribution in [2.75, 3.05) is 7.11 Å². The number of hydrogen-bond acceptors (Lipinski definition) is 3. The number of aromatic carboxylic acids is 1. The van der Waals surface area contributed by atoms with Crippen molar-refractivity contribution in [3.05, 3.63) is 62.5 Å². The first-order valence-corrected chi connectivity index (χ1v) is 6.57. The van der Waals surface area contributed by atoms with E-state index in [1.54, 1.807) is 13.2 Å². The fourth-order valence-corrected chi connectivity index (χ4v) is 2.36. The molecule has 0 spiro atoms. The van der Waals surface area contributed by atoms with Gasteiger partial charge < -0.3 is 14.4 Å². The minimum atomic E-state index is -1.11. The SMILES string of the molecule is COc1ccc(Cn2ccc(C(=O)O)cc2=O)cc1Br. The van der Waals surface area contributed by atoms with Crippen molar-refractivity contribution in [1.82, 2.24) is 4.57 Å². The van der Waals surface area contributed by atoms with Crippen LogP contribution in [0.15, 0.2) is 45.8 Å². The molecule has 1 N–H and O–H groups in total. The summed E-state index contributed by atoms with van der Waals surface area (Å²) in [6.07, 6.45) is 1.48.